The Bertz CT molecular complexity index is 627. The summed E-state index contributed by atoms with van der Waals surface area (Å²) >= 11 is 0. The maximum Gasteiger partial charge on any atom is 0.322 e. The van der Waals surface area contributed by atoms with Gasteiger partial charge in [-0.3, -0.25) is 19.4 Å². The third-order valence-corrected chi connectivity index (χ3v) is 3.33. The lowest BCUT2D eigenvalue weighted by atomic mass is 10.1. The fourth-order valence-electron chi connectivity index (χ4n) is 2.04. The number of nitrogens with one attached hydrogen (secondary N) is 3. The Labute approximate surface area is 149 Å². The number of H-pyrrole nitrogens is 1. The van der Waals surface area contributed by atoms with E-state index in [-0.39, 0.29) is 12.4 Å². The minimum Gasteiger partial charge on any atom is -0.480 e. The molecule has 0 aromatic carbocycles. The van der Waals surface area contributed by atoms with Crippen molar-refractivity contribution < 1.29 is 19.5 Å². The van der Waals surface area contributed by atoms with Gasteiger partial charge in [-0.15, -0.1) is 0 Å². The van der Waals surface area contributed by atoms with Crippen molar-refractivity contribution in [1.29, 1.82) is 0 Å². The molecule has 0 fully saturated rings. The lowest BCUT2D eigenvalue weighted by molar-refractivity contribution is -0.138. The fourth-order valence-corrected chi connectivity index (χ4v) is 2.04. The van der Waals surface area contributed by atoms with Crippen LogP contribution in [0.1, 0.15) is 18.5 Å². The Morgan fingerprint density at radius 1 is 1.31 bits per heavy atom. The standard InChI is InChI=1S/C14H24N8O4/c15-9(2-1-3-19-14(16)17)12(25)22-10(4-8-5-18-7-21-8)13(26)20-6-11(23)24/h5,7,9-10H,1-4,6,15H2,(H,18,21)(H,20,26)(H,22,25)(H,23,24)(H4,16,17,19). The van der Waals surface area contributed by atoms with Gasteiger partial charge >= 0.3 is 5.97 Å². The number of aliphatic imine (C=N–C) groups is 1. The van der Waals surface area contributed by atoms with Crippen molar-refractivity contribution in [3.05, 3.63) is 18.2 Å². The molecule has 1 aromatic heterocycles. The molecule has 0 spiro atoms. The van der Waals surface area contributed by atoms with Crippen molar-refractivity contribution in [2.24, 2.45) is 22.2 Å². The van der Waals surface area contributed by atoms with Crippen LogP contribution in [0.5, 0.6) is 0 Å². The van der Waals surface area contributed by atoms with E-state index in [1.54, 1.807) is 0 Å². The van der Waals surface area contributed by atoms with Gasteiger partial charge in [-0.05, 0) is 12.8 Å². The fraction of sp³-hybridized carbons (Fsp3) is 0.500. The molecule has 1 heterocycles. The van der Waals surface area contributed by atoms with Gasteiger partial charge in [0.25, 0.3) is 0 Å². The molecule has 2 amide bonds. The number of amides is 2. The van der Waals surface area contributed by atoms with E-state index in [4.69, 9.17) is 22.3 Å². The third-order valence-electron chi connectivity index (χ3n) is 3.33. The number of nitrogens with zero attached hydrogens (tertiary/aromatic N) is 2. The molecule has 0 radical (unpaired) electrons. The normalized spacial score (nSPS) is 12.7. The number of aliphatic carboxylic acids is 1. The highest BCUT2D eigenvalue weighted by atomic mass is 16.4. The van der Waals surface area contributed by atoms with Gasteiger partial charge < -0.3 is 37.9 Å². The zero-order valence-electron chi connectivity index (χ0n) is 14.1. The van der Waals surface area contributed by atoms with Crippen molar-refractivity contribution >= 4 is 23.7 Å². The van der Waals surface area contributed by atoms with Crippen LogP contribution >= 0.6 is 0 Å². The summed E-state index contributed by atoms with van der Waals surface area (Å²) in [6.45, 7) is -0.223. The molecule has 0 aliphatic carbocycles. The Morgan fingerprint density at radius 2 is 2.04 bits per heavy atom. The average Bonchev–Trinajstić information content (AvgIpc) is 3.08. The van der Waals surface area contributed by atoms with Crippen LogP contribution in [0.3, 0.4) is 0 Å². The Kier molecular flexibility index (Phi) is 8.57. The van der Waals surface area contributed by atoms with E-state index >= 15 is 0 Å². The highest BCUT2D eigenvalue weighted by Crippen LogP contribution is 2.01. The Hall–Kier alpha value is -3.15. The molecule has 144 valence electrons. The lowest BCUT2D eigenvalue weighted by Crippen LogP contribution is -2.53. The summed E-state index contributed by atoms with van der Waals surface area (Å²) in [6, 6.07) is -1.85. The number of imidazole rings is 1. The first-order valence-corrected chi connectivity index (χ1v) is 7.87. The summed E-state index contributed by atoms with van der Waals surface area (Å²) in [5, 5.41) is 13.4. The molecule has 0 aliphatic heterocycles. The summed E-state index contributed by atoms with van der Waals surface area (Å²) in [4.78, 5) is 45.4. The summed E-state index contributed by atoms with van der Waals surface area (Å²) in [7, 11) is 0. The van der Waals surface area contributed by atoms with Crippen LogP contribution in [0.25, 0.3) is 0 Å². The summed E-state index contributed by atoms with van der Waals surface area (Å²) in [6.07, 6.45) is 3.84. The summed E-state index contributed by atoms with van der Waals surface area (Å²) < 4.78 is 0. The summed E-state index contributed by atoms with van der Waals surface area (Å²) in [5.41, 5.74) is 16.8. The molecule has 0 aliphatic rings. The number of aromatic amines is 1. The molecule has 2 atom stereocenters. The van der Waals surface area contributed by atoms with E-state index in [1.807, 2.05) is 0 Å². The highest BCUT2D eigenvalue weighted by molar-refractivity contribution is 5.91. The number of carboxylic acids is 1. The van der Waals surface area contributed by atoms with Crippen LogP contribution in [0.15, 0.2) is 17.5 Å². The van der Waals surface area contributed by atoms with Gasteiger partial charge in [-0.25, -0.2) is 4.98 Å². The zero-order valence-corrected chi connectivity index (χ0v) is 14.1. The summed E-state index contributed by atoms with van der Waals surface area (Å²) in [5.74, 6) is -2.41. The SMILES string of the molecule is NC(N)=NCCCC(N)C(=O)NC(Cc1cnc[nH]1)C(=O)NCC(=O)O. The van der Waals surface area contributed by atoms with Crippen molar-refractivity contribution in [1.82, 2.24) is 20.6 Å². The molecule has 1 aromatic rings. The average molecular weight is 368 g/mol. The Morgan fingerprint density at radius 3 is 2.62 bits per heavy atom. The van der Waals surface area contributed by atoms with Gasteiger partial charge in [-0.2, -0.15) is 0 Å². The zero-order chi connectivity index (χ0) is 19.5. The van der Waals surface area contributed by atoms with Crippen molar-refractivity contribution in [3.63, 3.8) is 0 Å². The maximum atomic E-state index is 12.2. The van der Waals surface area contributed by atoms with Crippen molar-refractivity contribution in [3.8, 4) is 0 Å². The van der Waals surface area contributed by atoms with Crippen LogP contribution in [0.4, 0.5) is 0 Å². The van der Waals surface area contributed by atoms with Gasteiger partial charge in [0.1, 0.15) is 12.6 Å². The monoisotopic (exact) mass is 368 g/mol. The number of hydrogen-bond donors (Lipinski definition) is 7. The molecule has 12 nitrogen and oxygen atoms in total. The van der Waals surface area contributed by atoms with Gasteiger partial charge in [0.2, 0.25) is 11.8 Å². The van der Waals surface area contributed by atoms with E-state index in [1.165, 1.54) is 12.5 Å². The van der Waals surface area contributed by atoms with Crippen LogP contribution < -0.4 is 27.8 Å². The van der Waals surface area contributed by atoms with Gasteiger partial charge in [0.15, 0.2) is 5.96 Å². The van der Waals surface area contributed by atoms with E-state index in [0.29, 0.717) is 25.1 Å². The molecule has 26 heavy (non-hydrogen) atoms. The first-order chi connectivity index (χ1) is 12.3. The first kappa shape index (κ1) is 20.9. The number of carboxylic acid groups (broad SMARTS) is 1. The molecule has 0 saturated carbocycles. The number of nitrogens with two attached hydrogens (primary N) is 3. The number of guanidine groups is 1. The smallest absolute Gasteiger partial charge is 0.322 e. The van der Waals surface area contributed by atoms with Crippen LogP contribution in [0, 0.1) is 0 Å². The minimum absolute atomic E-state index is 0.0438. The second kappa shape index (κ2) is 10.7. The molecule has 0 bridgehead atoms. The molecule has 12 heteroatoms. The molecule has 2 unspecified atom stereocenters. The van der Waals surface area contributed by atoms with E-state index in [9.17, 15) is 14.4 Å². The maximum absolute atomic E-state index is 12.2. The van der Waals surface area contributed by atoms with Crippen LogP contribution in [0.2, 0.25) is 0 Å². The number of carbonyl (C=O) groups excluding carboxylic acids is 2. The predicted octanol–water partition coefficient (Wildman–Crippen LogP) is -2.98. The van der Waals surface area contributed by atoms with Crippen LogP contribution in [-0.2, 0) is 20.8 Å². The van der Waals surface area contributed by atoms with Crippen molar-refractivity contribution in [2.75, 3.05) is 13.1 Å². The topological polar surface area (TPSA) is 215 Å². The number of rotatable bonds is 11. The molecule has 1 rings (SSSR count). The predicted molar refractivity (Wildman–Crippen MR) is 92.8 cm³/mol. The second-order valence-electron chi connectivity index (χ2n) is 5.51. The lowest BCUT2D eigenvalue weighted by Gasteiger charge is -2.20. The molecular weight excluding hydrogens is 344 g/mol. The Balaban J connectivity index is 2.61. The van der Waals surface area contributed by atoms with Crippen LogP contribution in [-0.4, -0.2) is 64.0 Å². The molecule has 10 N–H and O–H groups in total. The van der Waals surface area contributed by atoms with E-state index in [2.05, 4.69) is 25.6 Å². The molecular formula is C14H24N8O4. The second-order valence-corrected chi connectivity index (χ2v) is 5.51. The minimum atomic E-state index is -1.19. The number of hydrogen-bond acceptors (Lipinski definition) is 6. The largest absolute Gasteiger partial charge is 0.480 e. The van der Waals surface area contributed by atoms with Gasteiger partial charge in [0.05, 0.1) is 12.4 Å². The van der Waals surface area contributed by atoms with E-state index < -0.39 is 36.4 Å². The van der Waals surface area contributed by atoms with Crippen molar-refractivity contribution in [2.45, 2.75) is 31.3 Å². The quantitative estimate of drug-likeness (QED) is 0.121. The third kappa shape index (κ3) is 8.10. The number of aromatic nitrogens is 2. The number of carbonyl (C=O) groups is 3. The van der Waals surface area contributed by atoms with E-state index in [0.717, 1.165) is 0 Å². The molecule has 0 saturated heterocycles. The van der Waals surface area contributed by atoms with Gasteiger partial charge in [-0.1, -0.05) is 0 Å². The first-order valence-electron chi connectivity index (χ1n) is 7.87. The highest BCUT2D eigenvalue weighted by Gasteiger charge is 2.24. The van der Waals surface area contributed by atoms with Gasteiger partial charge in [0, 0.05) is 24.9 Å².